The number of hydrogen-bond donors (Lipinski definition) is 3. The molecule has 1 aromatic heterocycles. The van der Waals surface area contributed by atoms with E-state index in [4.69, 9.17) is 27.9 Å². The highest BCUT2D eigenvalue weighted by Crippen LogP contribution is 2.34. The van der Waals surface area contributed by atoms with Gasteiger partial charge in [0.15, 0.2) is 5.75 Å². The van der Waals surface area contributed by atoms with Crippen molar-refractivity contribution in [3.05, 3.63) is 68.4 Å². The van der Waals surface area contributed by atoms with E-state index in [0.29, 0.717) is 28.3 Å². The molecule has 3 N–H and O–H groups in total. The molecule has 0 spiro atoms. The second-order valence-corrected chi connectivity index (χ2v) is 9.37. The van der Waals surface area contributed by atoms with Crippen LogP contribution in [0, 0.1) is 11.8 Å². The zero-order chi connectivity index (χ0) is 23.4. The summed E-state index contributed by atoms with van der Waals surface area (Å²) in [5.41, 5.74) is 2.38. The highest BCUT2D eigenvalue weighted by Gasteiger charge is 2.26. The second kappa shape index (κ2) is 10.6. The molecule has 174 valence electrons. The molecule has 4 rings (SSSR count). The van der Waals surface area contributed by atoms with Crippen LogP contribution in [0.25, 0.3) is 10.9 Å². The standard InChI is InChI=1S/C25H27Cl2N3O3/c1-33-24-20(26)10-16(11-21(24)27)14-28-13-15-2-4-17(5-3-15)25(32)29-19-7-8-22-18(12-19)6-9-23(31)30-22/h6-12,15,17,28H,2-5,13-14H2,1H3,(H,29,32)(H,30,31). The molecule has 2 aromatic carbocycles. The number of amides is 1. The Morgan fingerprint density at radius 3 is 2.48 bits per heavy atom. The molecule has 1 aliphatic carbocycles. The largest absolute Gasteiger partial charge is 0.494 e. The Balaban J connectivity index is 1.24. The minimum absolute atomic E-state index is 0.0201. The van der Waals surface area contributed by atoms with Gasteiger partial charge in [0.25, 0.3) is 0 Å². The number of aromatic nitrogens is 1. The van der Waals surface area contributed by atoms with E-state index in [1.165, 1.54) is 6.07 Å². The van der Waals surface area contributed by atoms with Gasteiger partial charge in [-0.2, -0.15) is 0 Å². The SMILES string of the molecule is COc1c(Cl)cc(CNCC2CCC(C(=O)Nc3ccc4[nH]c(=O)ccc4c3)CC2)cc1Cl. The van der Waals surface area contributed by atoms with Crippen molar-refractivity contribution in [1.29, 1.82) is 0 Å². The van der Waals surface area contributed by atoms with E-state index in [1.54, 1.807) is 13.2 Å². The van der Waals surface area contributed by atoms with Crippen molar-refractivity contribution in [3.8, 4) is 5.75 Å². The lowest BCUT2D eigenvalue weighted by Gasteiger charge is -2.28. The number of halogens is 2. The molecule has 0 aliphatic heterocycles. The maximum atomic E-state index is 12.8. The Hall–Kier alpha value is -2.54. The van der Waals surface area contributed by atoms with E-state index in [2.05, 4.69) is 15.6 Å². The number of H-pyrrole nitrogens is 1. The number of benzene rings is 2. The van der Waals surface area contributed by atoms with Gasteiger partial charge >= 0.3 is 0 Å². The van der Waals surface area contributed by atoms with Gasteiger partial charge in [-0.05, 0) is 80.1 Å². The van der Waals surface area contributed by atoms with E-state index in [1.807, 2.05) is 30.3 Å². The minimum atomic E-state index is -0.137. The summed E-state index contributed by atoms with van der Waals surface area (Å²) in [5.74, 6) is 1.12. The van der Waals surface area contributed by atoms with Crippen LogP contribution in [0.4, 0.5) is 5.69 Å². The first-order valence-corrected chi connectivity index (χ1v) is 11.8. The van der Waals surface area contributed by atoms with Gasteiger partial charge < -0.3 is 20.4 Å². The summed E-state index contributed by atoms with van der Waals surface area (Å²) in [6.45, 7) is 1.57. The van der Waals surface area contributed by atoms with Crippen LogP contribution in [0.15, 0.2) is 47.3 Å². The van der Waals surface area contributed by atoms with Crippen LogP contribution in [-0.4, -0.2) is 24.5 Å². The van der Waals surface area contributed by atoms with Crippen LogP contribution in [0.5, 0.6) is 5.75 Å². The number of rotatable bonds is 7. The maximum absolute atomic E-state index is 12.8. The zero-order valence-electron chi connectivity index (χ0n) is 18.4. The highest BCUT2D eigenvalue weighted by atomic mass is 35.5. The van der Waals surface area contributed by atoms with Gasteiger partial charge in [0.05, 0.1) is 17.2 Å². The van der Waals surface area contributed by atoms with Crippen molar-refractivity contribution in [2.24, 2.45) is 11.8 Å². The smallest absolute Gasteiger partial charge is 0.248 e. The molecule has 0 unspecified atom stereocenters. The summed E-state index contributed by atoms with van der Waals surface area (Å²) in [6.07, 6.45) is 3.76. The van der Waals surface area contributed by atoms with Gasteiger partial charge in [0, 0.05) is 35.1 Å². The Morgan fingerprint density at radius 2 is 1.79 bits per heavy atom. The normalized spacial score (nSPS) is 18.3. The number of aromatic amines is 1. The van der Waals surface area contributed by atoms with Crippen molar-refractivity contribution >= 4 is 45.7 Å². The fourth-order valence-electron chi connectivity index (χ4n) is 4.44. The van der Waals surface area contributed by atoms with Crippen molar-refractivity contribution in [2.75, 3.05) is 19.0 Å². The van der Waals surface area contributed by atoms with Crippen molar-refractivity contribution in [2.45, 2.75) is 32.2 Å². The summed E-state index contributed by atoms with van der Waals surface area (Å²) >= 11 is 12.4. The number of hydrogen-bond acceptors (Lipinski definition) is 4. The van der Waals surface area contributed by atoms with Gasteiger partial charge in [-0.3, -0.25) is 9.59 Å². The minimum Gasteiger partial charge on any atom is -0.494 e. The number of fused-ring (bicyclic) bond motifs is 1. The lowest BCUT2D eigenvalue weighted by atomic mass is 9.81. The van der Waals surface area contributed by atoms with Crippen LogP contribution >= 0.6 is 23.2 Å². The number of nitrogens with one attached hydrogen (secondary N) is 3. The zero-order valence-corrected chi connectivity index (χ0v) is 19.9. The van der Waals surface area contributed by atoms with Crippen LogP contribution in [0.3, 0.4) is 0 Å². The van der Waals surface area contributed by atoms with E-state index >= 15 is 0 Å². The summed E-state index contributed by atoms with van der Waals surface area (Å²) in [5, 5.41) is 8.43. The molecule has 1 aliphatic rings. The predicted octanol–water partition coefficient (Wildman–Crippen LogP) is 5.38. The van der Waals surface area contributed by atoms with Crippen molar-refractivity contribution < 1.29 is 9.53 Å². The van der Waals surface area contributed by atoms with Gasteiger partial charge in [0.2, 0.25) is 11.5 Å². The van der Waals surface area contributed by atoms with Gasteiger partial charge in [-0.15, -0.1) is 0 Å². The molecule has 3 aromatic rings. The Labute approximate surface area is 202 Å². The predicted molar refractivity (Wildman–Crippen MR) is 133 cm³/mol. The number of methoxy groups -OCH3 is 1. The fraction of sp³-hybridized carbons (Fsp3) is 0.360. The maximum Gasteiger partial charge on any atom is 0.248 e. The quantitative estimate of drug-likeness (QED) is 0.417. The third kappa shape index (κ3) is 5.88. The van der Waals surface area contributed by atoms with Crippen LogP contribution < -0.4 is 20.9 Å². The molecular weight excluding hydrogens is 461 g/mol. The van der Waals surface area contributed by atoms with Crippen molar-refractivity contribution in [3.63, 3.8) is 0 Å². The molecular formula is C25H27Cl2N3O3. The van der Waals surface area contributed by atoms with E-state index in [9.17, 15) is 9.59 Å². The molecule has 0 saturated heterocycles. The van der Waals surface area contributed by atoms with Gasteiger partial charge in [-0.25, -0.2) is 0 Å². The molecule has 0 atom stereocenters. The summed E-state index contributed by atoms with van der Waals surface area (Å²) in [4.78, 5) is 27.0. The summed E-state index contributed by atoms with van der Waals surface area (Å²) < 4.78 is 5.19. The number of pyridine rings is 1. The molecule has 1 fully saturated rings. The number of carbonyl (C=O) groups is 1. The first-order valence-electron chi connectivity index (χ1n) is 11.1. The van der Waals surface area contributed by atoms with E-state index in [0.717, 1.165) is 54.4 Å². The first-order chi connectivity index (χ1) is 15.9. The highest BCUT2D eigenvalue weighted by molar-refractivity contribution is 6.37. The molecule has 0 bridgehead atoms. The van der Waals surface area contributed by atoms with Gasteiger partial charge in [-0.1, -0.05) is 23.2 Å². The van der Waals surface area contributed by atoms with Crippen LogP contribution in [-0.2, 0) is 11.3 Å². The molecule has 8 heteroatoms. The van der Waals surface area contributed by atoms with Gasteiger partial charge in [0.1, 0.15) is 0 Å². The van der Waals surface area contributed by atoms with E-state index in [-0.39, 0.29) is 17.4 Å². The molecule has 6 nitrogen and oxygen atoms in total. The lowest BCUT2D eigenvalue weighted by molar-refractivity contribution is -0.121. The topological polar surface area (TPSA) is 83.2 Å². The molecule has 33 heavy (non-hydrogen) atoms. The Morgan fingerprint density at radius 1 is 1.06 bits per heavy atom. The van der Waals surface area contributed by atoms with Crippen LogP contribution in [0.2, 0.25) is 10.0 Å². The van der Waals surface area contributed by atoms with Crippen molar-refractivity contribution in [1.82, 2.24) is 10.3 Å². The monoisotopic (exact) mass is 487 g/mol. The number of carbonyl (C=O) groups excluding carboxylic acids is 1. The number of ether oxygens (including phenoxy) is 1. The average molecular weight is 488 g/mol. The Bertz CT molecular complexity index is 1180. The third-order valence-corrected chi connectivity index (χ3v) is 6.79. The molecule has 0 radical (unpaired) electrons. The fourth-order valence-corrected chi connectivity index (χ4v) is 5.12. The lowest BCUT2D eigenvalue weighted by Crippen LogP contribution is -2.31. The molecule has 1 amide bonds. The van der Waals surface area contributed by atoms with Crippen LogP contribution in [0.1, 0.15) is 31.2 Å². The number of anilines is 1. The first kappa shape index (κ1) is 23.6. The third-order valence-electron chi connectivity index (χ3n) is 6.23. The average Bonchev–Trinajstić information content (AvgIpc) is 2.79. The summed E-state index contributed by atoms with van der Waals surface area (Å²) in [6, 6.07) is 12.5. The summed E-state index contributed by atoms with van der Waals surface area (Å²) in [7, 11) is 1.55. The second-order valence-electron chi connectivity index (χ2n) is 8.56. The Kier molecular flexibility index (Phi) is 7.58. The molecule has 1 saturated carbocycles. The molecule has 1 heterocycles. The van der Waals surface area contributed by atoms with E-state index < -0.39 is 0 Å².